The van der Waals surface area contributed by atoms with Gasteiger partial charge in [-0.25, -0.2) is 4.98 Å². The van der Waals surface area contributed by atoms with Crippen molar-refractivity contribution in [3.63, 3.8) is 0 Å². The van der Waals surface area contributed by atoms with E-state index < -0.39 is 6.10 Å². The highest BCUT2D eigenvalue weighted by atomic mass is 16.3. The van der Waals surface area contributed by atoms with Crippen LogP contribution in [0.3, 0.4) is 0 Å². The molecule has 1 aromatic heterocycles. The number of aryl methyl sites for hydroxylation is 1. The van der Waals surface area contributed by atoms with E-state index in [-0.39, 0.29) is 19.1 Å². The van der Waals surface area contributed by atoms with Crippen molar-refractivity contribution in [1.29, 1.82) is 0 Å². The van der Waals surface area contributed by atoms with Crippen molar-refractivity contribution in [2.75, 3.05) is 31.6 Å². The molecule has 0 unspecified atom stereocenters. The van der Waals surface area contributed by atoms with Crippen molar-refractivity contribution in [3.05, 3.63) is 59.8 Å². The van der Waals surface area contributed by atoms with E-state index in [2.05, 4.69) is 34.6 Å². The summed E-state index contributed by atoms with van der Waals surface area (Å²) >= 11 is 0. The third-order valence-corrected chi connectivity index (χ3v) is 5.33. The number of carbonyl (C=O) groups is 1. The van der Waals surface area contributed by atoms with Gasteiger partial charge in [0.25, 0.3) is 5.91 Å². The molecule has 2 heterocycles. The standard InChI is InChI=1S/C22H29N3O3/c26-16-20(27)15-24-21-9-8-19(14-23-21)22(28)25-12-10-18(11-13-25)7-6-17-4-2-1-3-5-17/h1-5,8-9,14,18,20,26-27H,6-7,10-13,15-16H2,(H,23,24)/t20-/m1/s1. The Kier molecular flexibility index (Phi) is 7.39. The molecule has 0 spiro atoms. The average Bonchev–Trinajstić information content (AvgIpc) is 2.77. The fourth-order valence-electron chi connectivity index (χ4n) is 3.53. The van der Waals surface area contributed by atoms with Crippen molar-refractivity contribution < 1.29 is 15.0 Å². The highest BCUT2D eigenvalue weighted by Gasteiger charge is 2.23. The smallest absolute Gasteiger partial charge is 0.255 e. The molecule has 150 valence electrons. The minimum Gasteiger partial charge on any atom is -0.394 e. The van der Waals surface area contributed by atoms with Crippen LogP contribution >= 0.6 is 0 Å². The van der Waals surface area contributed by atoms with Gasteiger partial charge in [-0.15, -0.1) is 0 Å². The van der Waals surface area contributed by atoms with Crippen LogP contribution in [0.1, 0.15) is 35.2 Å². The zero-order chi connectivity index (χ0) is 19.8. The van der Waals surface area contributed by atoms with Crippen LogP contribution in [0.2, 0.25) is 0 Å². The van der Waals surface area contributed by atoms with Crippen LogP contribution in [-0.4, -0.2) is 58.3 Å². The van der Waals surface area contributed by atoms with Crippen LogP contribution in [0.15, 0.2) is 48.7 Å². The lowest BCUT2D eigenvalue weighted by Crippen LogP contribution is -2.38. The predicted molar refractivity (Wildman–Crippen MR) is 109 cm³/mol. The first-order valence-corrected chi connectivity index (χ1v) is 9.97. The highest BCUT2D eigenvalue weighted by molar-refractivity contribution is 5.94. The Labute approximate surface area is 166 Å². The summed E-state index contributed by atoms with van der Waals surface area (Å²) in [6.45, 7) is 1.50. The van der Waals surface area contributed by atoms with Gasteiger partial charge in [-0.2, -0.15) is 0 Å². The van der Waals surface area contributed by atoms with E-state index in [9.17, 15) is 9.90 Å². The maximum atomic E-state index is 12.7. The van der Waals surface area contributed by atoms with E-state index in [1.165, 1.54) is 12.0 Å². The van der Waals surface area contributed by atoms with Crippen molar-refractivity contribution >= 4 is 11.7 Å². The molecule has 28 heavy (non-hydrogen) atoms. The van der Waals surface area contributed by atoms with Gasteiger partial charge in [0, 0.05) is 25.8 Å². The number of aromatic nitrogens is 1. The molecular weight excluding hydrogens is 354 g/mol. The number of hydrogen-bond donors (Lipinski definition) is 3. The van der Waals surface area contributed by atoms with Crippen molar-refractivity contribution in [2.24, 2.45) is 5.92 Å². The van der Waals surface area contributed by atoms with Gasteiger partial charge in [0.05, 0.1) is 18.3 Å². The molecule has 6 nitrogen and oxygen atoms in total. The SMILES string of the molecule is O=C(c1ccc(NC[C@@H](O)CO)nc1)N1CCC(CCc2ccccc2)CC1. The number of amides is 1. The van der Waals surface area contributed by atoms with E-state index in [1.807, 2.05) is 11.0 Å². The fourth-order valence-corrected chi connectivity index (χ4v) is 3.53. The molecule has 0 radical (unpaired) electrons. The first-order valence-electron chi connectivity index (χ1n) is 9.97. The lowest BCUT2D eigenvalue weighted by molar-refractivity contribution is 0.0686. The van der Waals surface area contributed by atoms with Crippen LogP contribution in [0.5, 0.6) is 0 Å². The summed E-state index contributed by atoms with van der Waals surface area (Å²) in [4.78, 5) is 18.8. The second-order valence-corrected chi connectivity index (χ2v) is 7.41. The minimum atomic E-state index is -0.828. The van der Waals surface area contributed by atoms with Gasteiger partial charge in [-0.1, -0.05) is 30.3 Å². The third-order valence-electron chi connectivity index (χ3n) is 5.33. The summed E-state index contributed by atoms with van der Waals surface area (Å²) in [5.41, 5.74) is 1.96. The Morgan fingerprint density at radius 1 is 1.18 bits per heavy atom. The van der Waals surface area contributed by atoms with E-state index in [0.29, 0.717) is 17.3 Å². The Morgan fingerprint density at radius 3 is 2.57 bits per heavy atom. The number of likely N-dealkylation sites (tertiary alicyclic amines) is 1. The molecule has 1 atom stereocenters. The Morgan fingerprint density at radius 2 is 1.93 bits per heavy atom. The number of nitrogens with zero attached hydrogens (tertiary/aromatic N) is 2. The highest BCUT2D eigenvalue weighted by Crippen LogP contribution is 2.23. The van der Waals surface area contributed by atoms with Crippen molar-refractivity contribution in [3.8, 4) is 0 Å². The van der Waals surface area contributed by atoms with Gasteiger partial charge in [-0.05, 0) is 49.3 Å². The molecule has 0 aliphatic carbocycles. The zero-order valence-electron chi connectivity index (χ0n) is 16.1. The van der Waals surface area contributed by atoms with Gasteiger partial charge in [-0.3, -0.25) is 4.79 Å². The largest absolute Gasteiger partial charge is 0.394 e. The average molecular weight is 383 g/mol. The minimum absolute atomic E-state index is 0.0240. The van der Waals surface area contributed by atoms with E-state index in [0.717, 1.165) is 32.4 Å². The quantitative estimate of drug-likeness (QED) is 0.651. The van der Waals surface area contributed by atoms with Crippen LogP contribution < -0.4 is 5.32 Å². The number of aliphatic hydroxyl groups is 2. The molecule has 6 heteroatoms. The number of aliphatic hydroxyl groups excluding tert-OH is 2. The molecule has 1 aliphatic heterocycles. The molecular formula is C22H29N3O3. The monoisotopic (exact) mass is 383 g/mol. The molecule has 0 saturated carbocycles. The molecule has 1 aliphatic rings. The predicted octanol–water partition coefficient (Wildman–Crippen LogP) is 2.33. The van der Waals surface area contributed by atoms with Gasteiger partial charge >= 0.3 is 0 Å². The van der Waals surface area contributed by atoms with E-state index >= 15 is 0 Å². The zero-order valence-corrected chi connectivity index (χ0v) is 16.1. The maximum absolute atomic E-state index is 12.7. The molecule has 2 aromatic rings. The molecule has 3 rings (SSSR count). The lowest BCUT2D eigenvalue weighted by Gasteiger charge is -2.32. The summed E-state index contributed by atoms with van der Waals surface area (Å²) in [5, 5.41) is 21.1. The van der Waals surface area contributed by atoms with Gasteiger partial charge < -0.3 is 20.4 Å². The third kappa shape index (κ3) is 5.78. The van der Waals surface area contributed by atoms with Crippen LogP contribution in [-0.2, 0) is 6.42 Å². The lowest BCUT2D eigenvalue weighted by atomic mass is 9.90. The topological polar surface area (TPSA) is 85.7 Å². The number of benzene rings is 1. The number of piperidine rings is 1. The first-order chi connectivity index (χ1) is 13.7. The second kappa shape index (κ2) is 10.2. The molecule has 0 bridgehead atoms. The Hall–Kier alpha value is -2.44. The Balaban J connectivity index is 1.44. The number of nitrogens with one attached hydrogen (secondary N) is 1. The summed E-state index contributed by atoms with van der Waals surface area (Å²) in [6.07, 6.45) is 5.11. The molecule has 1 aromatic carbocycles. The van der Waals surface area contributed by atoms with E-state index in [4.69, 9.17) is 5.11 Å². The van der Waals surface area contributed by atoms with Crippen LogP contribution in [0.25, 0.3) is 0 Å². The number of pyridine rings is 1. The summed E-state index contributed by atoms with van der Waals surface area (Å²) in [7, 11) is 0. The summed E-state index contributed by atoms with van der Waals surface area (Å²) in [5.74, 6) is 1.27. The second-order valence-electron chi connectivity index (χ2n) is 7.41. The number of carbonyl (C=O) groups excluding carboxylic acids is 1. The summed E-state index contributed by atoms with van der Waals surface area (Å²) in [6, 6.07) is 14.0. The van der Waals surface area contributed by atoms with Crippen molar-refractivity contribution in [2.45, 2.75) is 31.8 Å². The van der Waals surface area contributed by atoms with Crippen LogP contribution in [0.4, 0.5) is 5.82 Å². The molecule has 1 fully saturated rings. The maximum Gasteiger partial charge on any atom is 0.255 e. The fraction of sp³-hybridized carbons (Fsp3) is 0.455. The van der Waals surface area contributed by atoms with Gasteiger partial charge in [0.15, 0.2) is 0 Å². The normalized spacial score (nSPS) is 16.0. The molecule has 1 saturated heterocycles. The number of hydrogen-bond acceptors (Lipinski definition) is 5. The first kappa shape index (κ1) is 20.3. The molecule has 3 N–H and O–H groups in total. The Bertz CT molecular complexity index is 728. The van der Waals surface area contributed by atoms with Gasteiger partial charge in [0.2, 0.25) is 0 Å². The van der Waals surface area contributed by atoms with E-state index in [1.54, 1.807) is 18.3 Å². The summed E-state index contributed by atoms with van der Waals surface area (Å²) < 4.78 is 0. The number of rotatable bonds is 8. The molecule has 1 amide bonds. The number of anilines is 1. The van der Waals surface area contributed by atoms with Crippen molar-refractivity contribution in [1.82, 2.24) is 9.88 Å². The van der Waals surface area contributed by atoms with Crippen LogP contribution in [0, 0.1) is 5.92 Å². The van der Waals surface area contributed by atoms with Gasteiger partial charge in [0.1, 0.15) is 5.82 Å².